The fourth-order valence-electron chi connectivity index (χ4n) is 15.8. The number of benzene rings is 12. The van der Waals surface area contributed by atoms with Crippen molar-refractivity contribution >= 4 is 53.8 Å². The number of hydrogen-bond acceptors (Lipinski definition) is 5. The van der Waals surface area contributed by atoms with E-state index in [9.17, 15) is 0 Å². The topological polar surface area (TPSA) is 22.2 Å². The normalized spacial score (nSPS) is 14.6. The van der Waals surface area contributed by atoms with Crippen molar-refractivity contribution in [3.63, 3.8) is 0 Å². The Hall–Kier alpha value is -9.93. The summed E-state index contributed by atoms with van der Waals surface area (Å²) in [5.74, 6) is 1.55. The van der Waals surface area contributed by atoms with Gasteiger partial charge < -0.3 is 0 Å². The van der Waals surface area contributed by atoms with E-state index >= 15 is 0 Å². The Morgan fingerprint density at radius 2 is 0.560 bits per heavy atom. The van der Waals surface area contributed by atoms with Crippen LogP contribution in [0, 0.1) is 0 Å². The van der Waals surface area contributed by atoms with E-state index in [2.05, 4.69) is 357 Å². The predicted octanol–water partition coefficient (Wildman–Crippen LogP) is 24.7. The van der Waals surface area contributed by atoms with E-state index in [1.54, 1.807) is 0 Å². The number of ether oxygens (including phenoxy) is 1. The summed E-state index contributed by atoms with van der Waals surface area (Å²) in [6.07, 6.45) is 3.63. The van der Waals surface area contributed by atoms with Crippen LogP contribution in [0.5, 0.6) is 11.5 Å². The molecule has 0 saturated carbocycles. The van der Waals surface area contributed by atoms with Gasteiger partial charge in [0.25, 0.3) is 0 Å². The van der Waals surface area contributed by atoms with Crippen molar-refractivity contribution in [1.82, 2.24) is 0 Å². The second-order valence-corrected chi connectivity index (χ2v) is 34.7. The van der Waals surface area contributed by atoms with Gasteiger partial charge in [0.05, 0.1) is 0 Å². The van der Waals surface area contributed by atoms with Crippen LogP contribution in [0.15, 0.2) is 255 Å². The van der Waals surface area contributed by atoms with Crippen molar-refractivity contribution in [3.05, 3.63) is 299 Å². The quantitative estimate of drug-likeness (QED) is 0.172. The van der Waals surface area contributed by atoms with Crippen LogP contribution >= 0.6 is 0 Å². The third-order valence-corrected chi connectivity index (χ3v) is 24.0. The van der Waals surface area contributed by atoms with Crippen molar-refractivity contribution in [3.8, 4) is 78.3 Å². The molecule has 6 heteroatoms. The van der Waals surface area contributed by atoms with E-state index < -0.39 is 17.6 Å². The number of hydrogen-bond donors (Lipinski definition) is 0. The van der Waals surface area contributed by atoms with Gasteiger partial charge in [0.2, 0.25) is 0 Å². The first-order valence-electron chi connectivity index (χ1n) is 35.7. The Balaban J connectivity index is 1.18. The Labute approximate surface area is 599 Å². The zero-order valence-corrected chi connectivity index (χ0v) is 61.9. The molecule has 0 aromatic heterocycles. The molecule has 498 valence electrons. The first-order valence-corrected chi connectivity index (χ1v) is 38.0. The average Bonchev–Trinajstić information content (AvgIpc) is 1.53. The van der Waals surface area contributed by atoms with Crippen LogP contribution in [0.2, 0.25) is 0 Å². The standard InChI is InChI=1S/C94H86N4O.Pt/c1-91(2,3)77-57-78(92(4,5)6)86-68-43-35-62(36-44-68)31-32-64-39-47-70(48-40-64)88-80(94(10,11)12)58-79(93(7,8)9)87-69-45-37-63(38-46-69)30-29-61-33-41-67(42-34-61)85(77)89(86)97-59-95(81-51-49-71(53-83(81)97)65-21-15-13-16-22-65)73-25-19-27-75(55-73)99-76-28-20-26-74(56-76)96-60-98(90(87)88)84-54-72(50-52-82(84)96)66-23-17-14-18-24-66;/h13-28,33-58H,29-32H2,1-12H3;. The maximum atomic E-state index is 7.26. The van der Waals surface area contributed by atoms with Crippen molar-refractivity contribution < 1.29 is 22.4 Å². The van der Waals surface area contributed by atoms with Gasteiger partial charge in [-0.05, 0) is 0 Å². The molecule has 0 N–H and O–H groups in total. The average molecular weight is 1480 g/mol. The van der Waals surface area contributed by atoms with Crippen molar-refractivity contribution in [2.75, 3.05) is 19.6 Å². The number of rotatable bonds is 2. The number of nitrogens with zero attached hydrogens (tertiary/aromatic N) is 4. The predicted molar refractivity (Wildman–Crippen MR) is 420 cm³/mol. The summed E-state index contributed by atoms with van der Waals surface area (Å²) in [6, 6.07) is 98.7. The van der Waals surface area contributed by atoms with Crippen molar-refractivity contribution in [1.29, 1.82) is 0 Å². The summed E-state index contributed by atoms with van der Waals surface area (Å²) >= 11 is -1.47. The van der Waals surface area contributed by atoms with E-state index in [1.807, 2.05) is 0 Å². The fraction of sp³-hybridized carbons (Fsp3) is 0.213. The zero-order chi connectivity index (χ0) is 68.7. The Morgan fingerprint density at radius 1 is 0.260 bits per heavy atom. The summed E-state index contributed by atoms with van der Waals surface area (Å²) in [5.41, 5.74) is 32.7. The van der Waals surface area contributed by atoms with E-state index in [1.165, 1.54) is 120 Å². The summed E-state index contributed by atoms with van der Waals surface area (Å²) in [5, 5.41) is 0. The van der Waals surface area contributed by atoms with E-state index in [4.69, 9.17) is 4.74 Å². The van der Waals surface area contributed by atoms with Crippen LogP contribution in [0.4, 0.5) is 45.5 Å². The minimum atomic E-state index is -1.47. The van der Waals surface area contributed by atoms with Crippen LogP contribution in [0.25, 0.3) is 66.8 Å². The summed E-state index contributed by atoms with van der Waals surface area (Å²) < 4.78 is 9.66. The van der Waals surface area contributed by atoms with Crippen molar-refractivity contribution in [2.24, 2.45) is 0 Å². The van der Waals surface area contributed by atoms with Gasteiger partial charge in [0.1, 0.15) is 0 Å². The van der Waals surface area contributed by atoms with Crippen LogP contribution < -0.4 is 24.3 Å². The molecule has 0 fully saturated rings. The second kappa shape index (κ2) is 23.9. The molecule has 21 rings (SSSR count). The zero-order valence-electron chi connectivity index (χ0n) is 59.6. The van der Waals surface area contributed by atoms with Gasteiger partial charge in [0.15, 0.2) is 0 Å². The molecule has 0 spiro atoms. The van der Waals surface area contributed by atoms with Gasteiger partial charge in [-0.2, -0.15) is 0 Å². The molecule has 100 heavy (non-hydrogen) atoms. The molecule has 5 nitrogen and oxygen atoms in total. The first-order chi connectivity index (χ1) is 48.1. The maximum absolute atomic E-state index is 7.26. The molecule has 0 unspecified atom stereocenters. The number of anilines is 8. The van der Waals surface area contributed by atoms with Crippen LogP contribution in [-0.4, -0.2) is 8.29 Å². The second-order valence-electron chi connectivity index (χ2n) is 32.1. The van der Waals surface area contributed by atoms with Crippen LogP contribution in [-0.2, 0) is 65.0 Å². The third kappa shape index (κ3) is 11.0. The van der Waals surface area contributed by atoms with Gasteiger partial charge >= 0.3 is 604 Å². The molecule has 0 aliphatic carbocycles. The SMILES string of the molecule is CC(C)(C)c1cc(C(C)(C)C)c2c3c1-c1ccc(cc1)CCc1ccc(cc1)-c1c(C(C)(C)C)cc(C(C)(C)C)c(c1N1[C]4=[Pt]=[C]5N(c6cccc(c6)Oc6cccc(c6)N4c4ccc(-c6ccccc6)cc41)c1ccc(-c4ccccc4)cc1N53)-c1ccc(cc1)CCc1ccc-2cc1. The molecule has 12 aromatic carbocycles. The van der Waals surface area contributed by atoms with Gasteiger partial charge in [-0.3, -0.25) is 0 Å². The Morgan fingerprint density at radius 3 is 0.860 bits per heavy atom. The summed E-state index contributed by atoms with van der Waals surface area (Å²) in [6.45, 7) is 29.2. The molecule has 0 amide bonds. The molecule has 9 aliphatic heterocycles. The van der Waals surface area contributed by atoms with Gasteiger partial charge in [-0.1, -0.05) is 0 Å². The molecule has 0 saturated heterocycles. The van der Waals surface area contributed by atoms with Crippen molar-refractivity contribution in [2.45, 2.75) is 130 Å². The van der Waals surface area contributed by atoms with E-state index in [-0.39, 0.29) is 21.7 Å². The molecule has 12 aromatic rings. The Bertz CT molecular complexity index is 4830. The molecular weight excluding hydrogens is 1400 g/mol. The fourth-order valence-corrected chi connectivity index (χ4v) is 19.5. The molecule has 9 aliphatic rings. The summed E-state index contributed by atoms with van der Waals surface area (Å²) in [7, 11) is 0. The molecule has 0 radical (unpaired) electrons. The van der Waals surface area contributed by atoms with Gasteiger partial charge in [-0.25, -0.2) is 0 Å². The van der Waals surface area contributed by atoms with E-state index in [0.29, 0.717) is 0 Å². The van der Waals surface area contributed by atoms with E-state index in [0.717, 1.165) is 82.4 Å². The van der Waals surface area contributed by atoms with Gasteiger partial charge in [0, 0.05) is 0 Å². The van der Waals surface area contributed by atoms with Crippen LogP contribution in [0.1, 0.15) is 128 Å². The third-order valence-electron chi connectivity index (χ3n) is 21.0. The van der Waals surface area contributed by atoms with Gasteiger partial charge in [-0.15, -0.1) is 0 Å². The Kier molecular flexibility index (Phi) is 15.2. The first kappa shape index (κ1) is 63.5. The number of fused-ring (bicyclic) bond motifs is 14. The molecular formula is C94H86N4OPt. The minimum absolute atomic E-state index is 0.311. The monoisotopic (exact) mass is 1480 g/mol. The molecule has 9 heterocycles. The van der Waals surface area contributed by atoms with Crippen LogP contribution in [0.3, 0.4) is 0 Å². The number of aryl methyl sites for hydroxylation is 4. The summed E-state index contributed by atoms with van der Waals surface area (Å²) in [4.78, 5) is 10.9. The molecule has 16 bridgehead atoms. The molecule has 0 atom stereocenters.